The molecule has 0 unspecified atom stereocenters. The van der Waals surface area contributed by atoms with Crippen molar-refractivity contribution in [3.05, 3.63) is 12.2 Å². The van der Waals surface area contributed by atoms with Crippen LogP contribution in [0.4, 0.5) is 0 Å². The maximum absolute atomic E-state index is 12.5. The summed E-state index contributed by atoms with van der Waals surface area (Å²) >= 11 is 0. The number of hydrogen-bond donors (Lipinski definition) is 0. The van der Waals surface area contributed by atoms with Crippen LogP contribution >= 0.6 is 0 Å². The monoisotopic (exact) mass is 264 g/mol. The van der Waals surface area contributed by atoms with Gasteiger partial charge in [-0.25, -0.2) is 0 Å². The van der Waals surface area contributed by atoms with E-state index < -0.39 is 11.4 Å². The average Bonchev–Trinajstić information content (AvgIpc) is 2.39. The van der Waals surface area contributed by atoms with Gasteiger partial charge in [0.25, 0.3) is 0 Å². The third-order valence-corrected chi connectivity index (χ3v) is 4.54. The Balaban J connectivity index is 2.49. The second-order valence-electron chi connectivity index (χ2n) is 5.39. The van der Waals surface area contributed by atoms with Gasteiger partial charge in [-0.1, -0.05) is 12.2 Å². The first-order valence-electron chi connectivity index (χ1n) is 6.93. The van der Waals surface area contributed by atoms with Crippen molar-refractivity contribution >= 4 is 18.0 Å². The van der Waals surface area contributed by atoms with Crippen LogP contribution in [0.2, 0.25) is 0 Å². The molecule has 0 radical (unpaired) electrons. The zero-order valence-electron chi connectivity index (χ0n) is 11.3. The third kappa shape index (κ3) is 1.94. The van der Waals surface area contributed by atoms with Crippen molar-refractivity contribution in [2.24, 2.45) is 17.3 Å². The summed E-state index contributed by atoms with van der Waals surface area (Å²) in [6.07, 6.45) is 3.95. The predicted octanol–water partition coefficient (Wildman–Crippen LogP) is 2.07. The molecule has 2 saturated carbocycles. The zero-order valence-corrected chi connectivity index (χ0v) is 11.3. The highest BCUT2D eigenvalue weighted by molar-refractivity contribution is 6.08. The summed E-state index contributed by atoms with van der Waals surface area (Å²) in [6, 6.07) is 0. The highest BCUT2D eigenvalue weighted by Gasteiger charge is 2.60. The van der Waals surface area contributed by atoms with E-state index in [4.69, 9.17) is 4.74 Å². The van der Waals surface area contributed by atoms with E-state index in [0.29, 0.717) is 24.8 Å². The van der Waals surface area contributed by atoms with Gasteiger partial charge in [-0.15, -0.1) is 0 Å². The Labute approximate surface area is 113 Å². The lowest BCUT2D eigenvalue weighted by Crippen LogP contribution is -2.55. The summed E-state index contributed by atoms with van der Waals surface area (Å²) in [5, 5.41) is 0. The third-order valence-electron chi connectivity index (χ3n) is 4.54. The molecule has 2 fully saturated rings. The summed E-state index contributed by atoms with van der Waals surface area (Å²) in [4.78, 5) is 36.1. The second kappa shape index (κ2) is 5.27. The fourth-order valence-corrected chi connectivity index (χ4v) is 3.66. The Morgan fingerprint density at radius 1 is 1.47 bits per heavy atom. The predicted molar refractivity (Wildman–Crippen MR) is 69.3 cm³/mol. The number of carbonyl (C=O) groups excluding carboxylic acids is 3. The number of aldehydes is 1. The van der Waals surface area contributed by atoms with Crippen LogP contribution in [0, 0.1) is 17.3 Å². The SMILES string of the molecule is C=C1CCC[C@@H]2[C@H](C=O)CCC(=O)[C@]12C(=O)OCC. The molecule has 0 aromatic carbocycles. The smallest absolute Gasteiger partial charge is 0.324 e. The quantitative estimate of drug-likeness (QED) is 0.339. The summed E-state index contributed by atoms with van der Waals surface area (Å²) in [5.74, 6) is -1.11. The van der Waals surface area contributed by atoms with Crippen LogP contribution in [0.5, 0.6) is 0 Å². The van der Waals surface area contributed by atoms with Crippen LogP contribution in [0.1, 0.15) is 39.0 Å². The van der Waals surface area contributed by atoms with Gasteiger partial charge in [0.05, 0.1) is 6.61 Å². The normalized spacial score (nSPS) is 34.6. The summed E-state index contributed by atoms with van der Waals surface area (Å²) in [6.45, 7) is 5.91. The van der Waals surface area contributed by atoms with E-state index in [0.717, 1.165) is 12.7 Å². The number of carbonyl (C=O) groups is 3. The van der Waals surface area contributed by atoms with Crippen molar-refractivity contribution in [2.75, 3.05) is 6.61 Å². The molecule has 0 aromatic heterocycles. The Morgan fingerprint density at radius 2 is 2.21 bits per heavy atom. The van der Waals surface area contributed by atoms with Gasteiger partial charge >= 0.3 is 5.97 Å². The first kappa shape index (κ1) is 14.0. The van der Waals surface area contributed by atoms with E-state index >= 15 is 0 Å². The van der Waals surface area contributed by atoms with Crippen molar-refractivity contribution in [1.29, 1.82) is 0 Å². The Bertz CT molecular complexity index is 416. The number of hydrogen-bond acceptors (Lipinski definition) is 4. The average molecular weight is 264 g/mol. The van der Waals surface area contributed by atoms with E-state index in [9.17, 15) is 14.4 Å². The molecule has 0 spiro atoms. The number of ketones is 1. The molecule has 2 rings (SSSR count). The molecule has 4 heteroatoms. The highest BCUT2D eigenvalue weighted by Crippen LogP contribution is 2.53. The molecular weight excluding hydrogens is 244 g/mol. The molecule has 4 nitrogen and oxygen atoms in total. The van der Waals surface area contributed by atoms with E-state index in [2.05, 4.69) is 6.58 Å². The molecule has 3 atom stereocenters. The zero-order chi connectivity index (χ0) is 14.0. The lowest BCUT2D eigenvalue weighted by molar-refractivity contribution is -0.166. The molecule has 0 heterocycles. The summed E-state index contributed by atoms with van der Waals surface area (Å²) in [7, 11) is 0. The van der Waals surface area contributed by atoms with E-state index in [-0.39, 0.29) is 30.6 Å². The minimum absolute atomic E-state index is 0.112. The fourth-order valence-electron chi connectivity index (χ4n) is 3.66. The van der Waals surface area contributed by atoms with Gasteiger partial charge in [0.15, 0.2) is 11.2 Å². The topological polar surface area (TPSA) is 60.4 Å². The molecule has 19 heavy (non-hydrogen) atoms. The van der Waals surface area contributed by atoms with Crippen molar-refractivity contribution in [1.82, 2.24) is 0 Å². The number of esters is 1. The highest BCUT2D eigenvalue weighted by atomic mass is 16.5. The van der Waals surface area contributed by atoms with Crippen LogP contribution in [-0.2, 0) is 19.1 Å². The van der Waals surface area contributed by atoms with E-state index in [1.807, 2.05) is 0 Å². The number of ether oxygens (including phenoxy) is 1. The largest absolute Gasteiger partial charge is 0.465 e. The van der Waals surface area contributed by atoms with Gasteiger partial charge < -0.3 is 9.53 Å². The molecule has 0 aliphatic heterocycles. The molecule has 2 aliphatic carbocycles. The van der Waals surface area contributed by atoms with Crippen LogP contribution in [0.15, 0.2) is 12.2 Å². The standard InChI is InChI=1S/C15H20O4/c1-3-19-14(18)15-10(2)5-4-6-12(15)11(9-16)7-8-13(15)17/h9,11-12H,2-8H2,1H3/t11-,12+,15-/m0/s1. The van der Waals surface area contributed by atoms with Gasteiger partial charge in [0.2, 0.25) is 0 Å². The lowest BCUT2D eigenvalue weighted by Gasteiger charge is -2.47. The minimum Gasteiger partial charge on any atom is -0.465 e. The van der Waals surface area contributed by atoms with Gasteiger partial charge in [0.1, 0.15) is 6.29 Å². The summed E-state index contributed by atoms with van der Waals surface area (Å²) < 4.78 is 5.14. The maximum atomic E-state index is 12.5. The van der Waals surface area contributed by atoms with Crippen LogP contribution in [-0.4, -0.2) is 24.6 Å². The van der Waals surface area contributed by atoms with E-state index in [1.54, 1.807) is 6.92 Å². The second-order valence-corrected chi connectivity index (χ2v) is 5.39. The van der Waals surface area contributed by atoms with Gasteiger partial charge in [-0.2, -0.15) is 0 Å². The van der Waals surface area contributed by atoms with Crippen molar-refractivity contribution in [3.63, 3.8) is 0 Å². The molecule has 2 aliphatic rings. The number of fused-ring (bicyclic) bond motifs is 1. The Hall–Kier alpha value is -1.45. The van der Waals surface area contributed by atoms with Gasteiger partial charge in [0, 0.05) is 12.3 Å². The first-order chi connectivity index (χ1) is 9.08. The molecular formula is C15H20O4. The number of rotatable bonds is 3. The van der Waals surface area contributed by atoms with Crippen molar-refractivity contribution in [2.45, 2.75) is 39.0 Å². The molecule has 104 valence electrons. The van der Waals surface area contributed by atoms with Crippen LogP contribution in [0.3, 0.4) is 0 Å². The van der Waals surface area contributed by atoms with Crippen LogP contribution in [0.25, 0.3) is 0 Å². The summed E-state index contributed by atoms with van der Waals surface area (Å²) in [5.41, 5.74) is -0.614. The molecule has 0 saturated heterocycles. The van der Waals surface area contributed by atoms with E-state index in [1.165, 1.54) is 0 Å². The Kier molecular flexibility index (Phi) is 3.88. The molecule has 0 amide bonds. The fraction of sp³-hybridized carbons (Fsp3) is 0.667. The van der Waals surface area contributed by atoms with Crippen molar-refractivity contribution < 1.29 is 19.1 Å². The van der Waals surface area contributed by atoms with Crippen molar-refractivity contribution in [3.8, 4) is 0 Å². The minimum atomic E-state index is -1.25. The van der Waals surface area contributed by atoms with Gasteiger partial charge in [-0.3, -0.25) is 9.59 Å². The lowest BCUT2D eigenvalue weighted by atomic mass is 9.53. The maximum Gasteiger partial charge on any atom is 0.324 e. The molecule has 0 N–H and O–H groups in total. The first-order valence-corrected chi connectivity index (χ1v) is 6.93. The van der Waals surface area contributed by atoms with Gasteiger partial charge in [-0.05, 0) is 38.5 Å². The molecule has 0 aromatic rings. The Morgan fingerprint density at radius 3 is 2.84 bits per heavy atom. The molecule has 0 bridgehead atoms. The number of Topliss-reactive ketones (excluding diaryl/α,β-unsaturated/α-hetero) is 1. The van der Waals surface area contributed by atoms with Crippen LogP contribution < -0.4 is 0 Å².